The fourth-order valence-electron chi connectivity index (χ4n) is 1.01. The average molecular weight is 310 g/mol. The second-order valence-corrected chi connectivity index (χ2v) is 4.41. The third kappa shape index (κ3) is 3.06. The first-order valence-electron chi connectivity index (χ1n) is 3.89. The summed E-state index contributed by atoms with van der Waals surface area (Å²) in [5.41, 5.74) is 0.809. The van der Waals surface area contributed by atoms with Gasteiger partial charge in [-0.2, -0.15) is 0 Å². The van der Waals surface area contributed by atoms with Crippen molar-refractivity contribution in [1.82, 2.24) is 0 Å². The summed E-state index contributed by atoms with van der Waals surface area (Å²) in [6.45, 7) is -0.00511. The topological polar surface area (TPSA) is 40.5 Å². The monoisotopic (exact) mass is 308 g/mol. The maximum absolute atomic E-state index is 9.54. The summed E-state index contributed by atoms with van der Waals surface area (Å²) in [7, 11) is 0. The molecule has 0 radical (unpaired) electrons. The molecule has 0 amide bonds. The van der Waals surface area contributed by atoms with E-state index in [9.17, 15) is 5.11 Å². The van der Waals surface area contributed by atoms with Gasteiger partial charge in [0, 0.05) is 22.0 Å². The fourth-order valence-corrected chi connectivity index (χ4v) is 1.65. The highest BCUT2D eigenvalue weighted by molar-refractivity contribution is 9.13. The number of rotatable bonds is 3. The lowest BCUT2D eigenvalue weighted by atomic mass is 10.1. The van der Waals surface area contributed by atoms with Crippen molar-refractivity contribution >= 4 is 31.9 Å². The van der Waals surface area contributed by atoms with E-state index < -0.39 is 6.10 Å². The Morgan fingerprint density at radius 3 is 2.46 bits per heavy atom. The Labute approximate surface area is 93.8 Å². The van der Waals surface area contributed by atoms with Crippen molar-refractivity contribution in [3.8, 4) is 0 Å². The third-order valence-electron chi connectivity index (χ3n) is 1.73. The normalized spacial score (nSPS) is 12.9. The van der Waals surface area contributed by atoms with Crippen LogP contribution in [0, 0.1) is 0 Å². The summed E-state index contributed by atoms with van der Waals surface area (Å²) < 4.78 is 1.86. The van der Waals surface area contributed by atoms with Gasteiger partial charge in [0.1, 0.15) is 0 Å². The molecule has 0 saturated carbocycles. The molecule has 0 saturated heterocycles. The molecule has 0 aliphatic heterocycles. The molecule has 0 bridgehead atoms. The summed E-state index contributed by atoms with van der Waals surface area (Å²) in [5, 5.41) is 18.2. The molecule has 1 aromatic rings. The van der Waals surface area contributed by atoms with E-state index in [1.54, 1.807) is 0 Å². The molecule has 0 aromatic heterocycles. The molecule has 1 aromatic carbocycles. The Balaban J connectivity index is 2.84. The summed E-state index contributed by atoms with van der Waals surface area (Å²) in [6, 6.07) is 5.53. The third-order valence-corrected chi connectivity index (χ3v) is 3.61. The molecule has 13 heavy (non-hydrogen) atoms. The first-order valence-corrected chi connectivity index (χ1v) is 5.47. The van der Waals surface area contributed by atoms with Gasteiger partial charge < -0.3 is 10.2 Å². The second-order valence-electron chi connectivity index (χ2n) is 2.70. The number of halogens is 2. The van der Waals surface area contributed by atoms with Crippen LogP contribution in [0.2, 0.25) is 0 Å². The summed E-state index contributed by atoms with van der Waals surface area (Å²) >= 11 is 6.68. The Kier molecular flexibility index (Phi) is 4.38. The fraction of sp³-hybridized carbons (Fsp3) is 0.333. The van der Waals surface area contributed by atoms with Crippen molar-refractivity contribution in [2.45, 2.75) is 12.5 Å². The summed E-state index contributed by atoms with van der Waals surface area (Å²) in [4.78, 5) is 0. The van der Waals surface area contributed by atoms with Crippen molar-refractivity contribution in [3.63, 3.8) is 0 Å². The molecule has 0 fully saturated rings. The zero-order chi connectivity index (χ0) is 9.84. The first-order chi connectivity index (χ1) is 6.15. The minimum atomic E-state index is -0.589. The van der Waals surface area contributed by atoms with Gasteiger partial charge in [-0.05, 0) is 49.6 Å². The number of hydrogen-bond acceptors (Lipinski definition) is 2. The summed E-state index contributed by atoms with van der Waals surface area (Å²) in [5.74, 6) is 0. The van der Waals surface area contributed by atoms with E-state index in [-0.39, 0.29) is 6.61 Å². The van der Waals surface area contributed by atoms with Gasteiger partial charge >= 0.3 is 0 Å². The van der Waals surface area contributed by atoms with Gasteiger partial charge in [0.15, 0.2) is 0 Å². The van der Waals surface area contributed by atoms with E-state index in [4.69, 9.17) is 5.11 Å². The van der Waals surface area contributed by atoms with Crippen LogP contribution in [-0.2, 0) is 0 Å². The Hall–Kier alpha value is 0.1000. The van der Waals surface area contributed by atoms with E-state index in [2.05, 4.69) is 31.9 Å². The SMILES string of the molecule is OCCC(O)c1ccc(Br)c(Br)c1. The largest absolute Gasteiger partial charge is 0.396 e. The molecule has 0 spiro atoms. The van der Waals surface area contributed by atoms with E-state index in [0.717, 1.165) is 14.5 Å². The smallest absolute Gasteiger partial charge is 0.0812 e. The van der Waals surface area contributed by atoms with Crippen molar-refractivity contribution in [3.05, 3.63) is 32.7 Å². The lowest BCUT2D eigenvalue weighted by molar-refractivity contribution is 0.134. The van der Waals surface area contributed by atoms with Crippen LogP contribution in [0.25, 0.3) is 0 Å². The first kappa shape index (κ1) is 11.2. The number of aliphatic hydroxyl groups excluding tert-OH is 2. The number of hydrogen-bond donors (Lipinski definition) is 2. The molecule has 0 aliphatic rings. The van der Waals surface area contributed by atoms with Crippen LogP contribution < -0.4 is 0 Å². The van der Waals surface area contributed by atoms with Gasteiger partial charge in [-0.1, -0.05) is 6.07 Å². The lowest BCUT2D eigenvalue weighted by Gasteiger charge is -2.09. The van der Waals surface area contributed by atoms with Gasteiger partial charge in [0.05, 0.1) is 6.10 Å². The van der Waals surface area contributed by atoms with Gasteiger partial charge in [-0.25, -0.2) is 0 Å². The minimum absolute atomic E-state index is 0.00511. The van der Waals surface area contributed by atoms with Gasteiger partial charge in [-0.15, -0.1) is 0 Å². The molecular formula is C9H10Br2O2. The van der Waals surface area contributed by atoms with Crippen LogP contribution in [0.5, 0.6) is 0 Å². The number of benzene rings is 1. The highest BCUT2D eigenvalue weighted by Gasteiger charge is 2.07. The molecule has 1 unspecified atom stereocenters. The quantitative estimate of drug-likeness (QED) is 0.901. The van der Waals surface area contributed by atoms with Crippen molar-refractivity contribution < 1.29 is 10.2 Å². The highest BCUT2D eigenvalue weighted by atomic mass is 79.9. The Morgan fingerprint density at radius 1 is 1.23 bits per heavy atom. The molecule has 0 heterocycles. The Bertz CT molecular complexity index is 289. The molecule has 1 rings (SSSR count). The predicted molar refractivity (Wildman–Crippen MR) is 58.5 cm³/mol. The van der Waals surface area contributed by atoms with Crippen molar-refractivity contribution in [2.24, 2.45) is 0 Å². The van der Waals surface area contributed by atoms with Crippen LogP contribution in [0.3, 0.4) is 0 Å². The van der Waals surface area contributed by atoms with Crippen LogP contribution in [0.4, 0.5) is 0 Å². The standard InChI is InChI=1S/C9H10Br2O2/c10-7-2-1-6(5-8(7)11)9(13)3-4-12/h1-2,5,9,12-13H,3-4H2. The summed E-state index contributed by atoms with van der Waals surface area (Å²) in [6.07, 6.45) is -0.219. The van der Waals surface area contributed by atoms with Crippen LogP contribution in [0.15, 0.2) is 27.1 Å². The molecule has 2 nitrogen and oxygen atoms in total. The van der Waals surface area contributed by atoms with Gasteiger partial charge in [0.2, 0.25) is 0 Å². The average Bonchev–Trinajstić information content (AvgIpc) is 2.10. The molecule has 2 N–H and O–H groups in total. The molecular weight excluding hydrogens is 300 g/mol. The zero-order valence-electron chi connectivity index (χ0n) is 6.87. The predicted octanol–water partition coefficient (Wildman–Crippen LogP) is 2.63. The van der Waals surface area contributed by atoms with Gasteiger partial charge in [0.25, 0.3) is 0 Å². The minimum Gasteiger partial charge on any atom is -0.396 e. The zero-order valence-corrected chi connectivity index (χ0v) is 10.0. The molecule has 72 valence electrons. The van der Waals surface area contributed by atoms with Crippen LogP contribution in [-0.4, -0.2) is 16.8 Å². The molecule has 4 heteroatoms. The Morgan fingerprint density at radius 2 is 1.92 bits per heavy atom. The molecule has 1 atom stereocenters. The van der Waals surface area contributed by atoms with Crippen molar-refractivity contribution in [1.29, 1.82) is 0 Å². The van der Waals surface area contributed by atoms with Gasteiger partial charge in [-0.3, -0.25) is 0 Å². The lowest BCUT2D eigenvalue weighted by Crippen LogP contribution is -1.99. The van der Waals surface area contributed by atoms with Crippen LogP contribution in [0.1, 0.15) is 18.1 Å². The number of aliphatic hydroxyl groups is 2. The van der Waals surface area contributed by atoms with Crippen molar-refractivity contribution in [2.75, 3.05) is 6.61 Å². The highest BCUT2D eigenvalue weighted by Crippen LogP contribution is 2.27. The maximum Gasteiger partial charge on any atom is 0.0812 e. The second kappa shape index (κ2) is 5.10. The van der Waals surface area contributed by atoms with E-state index in [1.807, 2.05) is 18.2 Å². The van der Waals surface area contributed by atoms with E-state index >= 15 is 0 Å². The van der Waals surface area contributed by atoms with Crippen LogP contribution >= 0.6 is 31.9 Å². The van der Waals surface area contributed by atoms with E-state index in [0.29, 0.717) is 6.42 Å². The maximum atomic E-state index is 9.54. The molecule has 0 aliphatic carbocycles. The van der Waals surface area contributed by atoms with E-state index in [1.165, 1.54) is 0 Å².